The molecule has 0 spiro atoms. The van der Waals surface area contributed by atoms with Crippen LogP contribution in [0.4, 0.5) is 11.4 Å². The molecule has 0 atom stereocenters. The van der Waals surface area contributed by atoms with E-state index in [0.29, 0.717) is 0 Å². The minimum atomic E-state index is 0.730. The summed E-state index contributed by atoms with van der Waals surface area (Å²) in [6, 6.07) is 8.43. The second kappa shape index (κ2) is 5.53. The molecule has 0 radical (unpaired) electrons. The molecular weight excluding hydrogens is 250 g/mol. The van der Waals surface area contributed by atoms with Crippen molar-refractivity contribution in [3.63, 3.8) is 0 Å². The quantitative estimate of drug-likeness (QED) is 0.927. The number of hydrogen-bond acceptors (Lipinski definition) is 4. The van der Waals surface area contributed by atoms with Crippen molar-refractivity contribution in [2.24, 2.45) is 0 Å². The predicted octanol–water partition coefficient (Wildman–Crippen LogP) is 2.29. The lowest BCUT2D eigenvalue weighted by Gasteiger charge is -2.16. The molecule has 0 saturated carbocycles. The van der Waals surface area contributed by atoms with E-state index in [1.54, 1.807) is 0 Å². The lowest BCUT2D eigenvalue weighted by atomic mass is 10.2. The van der Waals surface area contributed by atoms with E-state index in [9.17, 15) is 0 Å². The maximum absolute atomic E-state index is 4.30. The summed E-state index contributed by atoms with van der Waals surface area (Å²) >= 11 is 0. The van der Waals surface area contributed by atoms with Crippen LogP contribution in [0, 0.1) is 0 Å². The van der Waals surface area contributed by atoms with Gasteiger partial charge in [0.25, 0.3) is 0 Å². The van der Waals surface area contributed by atoms with E-state index in [1.807, 2.05) is 14.1 Å². The Morgan fingerprint density at radius 1 is 1.15 bits per heavy atom. The van der Waals surface area contributed by atoms with Crippen molar-refractivity contribution in [1.29, 1.82) is 0 Å². The Balaban J connectivity index is 1.66. The summed E-state index contributed by atoms with van der Waals surface area (Å²) in [7, 11) is 4.09. The first-order chi connectivity index (χ1) is 9.74. The number of anilines is 2. The van der Waals surface area contributed by atoms with Crippen molar-refractivity contribution in [2.45, 2.75) is 32.4 Å². The van der Waals surface area contributed by atoms with E-state index in [2.05, 4.69) is 49.2 Å². The van der Waals surface area contributed by atoms with Crippen molar-refractivity contribution in [1.82, 2.24) is 14.8 Å². The van der Waals surface area contributed by atoms with Gasteiger partial charge in [-0.05, 0) is 37.1 Å². The van der Waals surface area contributed by atoms with Crippen molar-refractivity contribution in [2.75, 3.05) is 24.3 Å². The molecule has 2 aromatic rings. The van der Waals surface area contributed by atoms with E-state index in [4.69, 9.17) is 0 Å². The largest absolute Gasteiger partial charge is 0.378 e. The van der Waals surface area contributed by atoms with Crippen LogP contribution < -0.4 is 10.2 Å². The Kier molecular flexibility index (Phi) is 3.58. The molecule has 1 aromatic carbocycles. The third kappa shape index (κ3) is 2.61. The molecule has 0 fully saturated rings. The van der Waals surface area contributed by atoms with Crippen molar-refractivity contribution < 1.29 is 0 Å². The zero-order valence-electron chi connectivity index (χ0n) is 12.1. The summed E-state index contributed by atoms with van der Waals surface area (Å²) in [5.74, 6) is 2.17. The number of hydrogen-bond donors (Lipinski definition) is 1. The minimum Gasteiger partial charge on any atom is -0.378 e. The van der Waals surface area contributed by atoms with E-state index in [0.717, 1.165) is 36.8 Å². The number of nitrogens with one attached hydrogen (secondary N) is 1. The number of rotatable bonds is 4. The smallest absolute Gasteiger partial charge is 0.152 e. The molecule has 2 heterocycles. The predicted molar refractivity (Wildman–Crippen MR) is 81.1 cm³/mol. The molecule has 1 aliphatic rings. The van der Waals surface area contributed by atoms with E-state index >= 15 is 0 Å². The summed E-state index contributed by atoms with van der Waals surface area (Å²) in [6.45, 7) is 1.78. The molecule has 106 valence electrons. The van der Waals surface area contributed by atoms with Gasteiger partial charge in [-0.25, -0.2) is 0 Å². The molecule has 0 bridgehead atoms. The van der Waals surface area contributed by atoms with Crippen LogP contribution in [0.25, 0.3) is 0 Å². The normalized spacial score (nSPS) is 13.9. The highest BCUT2D eigenvalue weighted by Gasteiger charge is 2.15. The highest BCUT2D eigenvalue weighted by Crippen LogP contribution is 2.18. The summed E-state index contributed by atoms with van der Waals surface area (Å²) in [5.41, 5.74) is 2.32. The van der Waals surface area contributed by atoms with Crippen molar-refractivity contribution in [3.8, 4) is 0 Å². The van der Waals surface area contributed by atoms with Gasteiger partial charge in [-0.2, -0.15) is 0 Å². The number of nitrogens with zero attached hydrogens (tertiary/aromatic N) is 4. The zero-order valence-corrected chi connectivity index (χ0v) is 12.1. The molecular formula is C15H21N5. The van der Waals surface area contributed by atoms with Crippen molar-refractivity contribution >= 4 is 11.4 Å². The molecule has 1 N–H and O–H groups in total. The molecule has 0 saturated heterocycles. The number of benzene rings is 1. The maximum Gasteiger partial charge on any atom is 0.152 e. The summed E-state index contributed by atoms with van der Waals surface area (Å²) in [4.78, 5) is 2.10. The lowest BCUT2D eigenvalue weighted by Crippen LogP contribution is -2.15. The van der Waals surface area contributed by atoms with Crippen LogP contribution in [0.5, 0.6) is 0 Å². The fourth-order valence-corrected chi connectivity index (χ4v) is 2.56. The van der Waals surface area contributed by atoms with Crippen LogP contribution in [0.1, 0.15) is 24.5 Å². The van der Waals surface area contributed by atoms with Gasteiger partial charge >= 0.3 is 0 Å². The number of fused-ring (bicyclic) bond motifs is 1. The molecule has 5 nitrogen and oxygen atoms in total. The average molecular weight is 271 g/mol. The van der Waals surface area contributed by atoms with Gasteiger partial charge in [0.1, 0.15) is 5.82 Å². The maximum atomic E-state index is 4.30. The topological polar surface area (TPSA) is 46.0 Å². The van der Waals surface area contributed by atoms with Crippen LogP contribution in [0.15, 0.2) is 24.3 Å². The zero-order chi connectivity index (χ0) is 13.9. The van der Waals surface area contributed by atoms with E-state index in [1.165, 1.54) is 18.5 Å². The molecule has 20 heavy (non-hydrogen) atoms. The van der Waals surface area contributed by atoms with Crippen LogP contribution in [-0.4, -0.2) is 28.9 Å². The Labute approximate surface area is 119 Å². The summed E-state index contributed by atoms with van der Waals surface area (Å²) in [6.07, 6.45) is 3.53. The first kappa shape index (κ1) is 13.0. The molecule has 1 aromatic heterocycles. The van der Waals surface area contributed by atoms with Crippen molar-refractivity contribution in [3.05, 3.63) is 35.9 Å². The Bertz CT molecular complexity index is 570. The molecule has 1 aliphatic heterocycles. The molecule has 5 heteroatoms. The second-order valence-corrected chi connectivity index (χ2v) is 5.44. The van der Waals surface area contributed by atoms with Gasteiger partial charge in [0.2, 0.25) is 0 Å². The second-order valence-electron chi connectivity index (χ2n) is 5.44. The van der Waals surface area contributed by atoms with Crippen LogP contribution in [0.2, 0.25) is 0 Å². The Morgan fingerprint density at radius 3 is 2.70 bits per heavy atom. The monoisotopic (exact) mass is 271 g/mol. The first-order valence-corrected chi connectivity index (χ1v) is 7.16. The highest BCUT2D eigenvalue weighted by molar-refractivity contribution is 5.54. The number of aryl methyl sites for hydroxylation is 1. The van der Waals surface area contributed by atoms with Gasteiger partial charge < -0.3 is 14.8 Å². The fraction of sp³-hybridized carbons (Fsp3) is 0.467. The van der Waals surface area contributed by atoms with Crippen LogP contribution in [0.3, 0.4) is 0 Å². The van der Waals surface area contributed by atoms with Gasteiger partial charge in [-0.3, -0.25) is 0 Å². The molecule has 0 amide bonds. The summed E-state index contributed by atoms with van der Waals surface area (Å²) < 4.78 is 2.25. The molecule has 0 aliphatic carbocycles. The number of aromatic nitrogens is 3. The van der Waals surface area contributed by atoms with Crippen LogP contribution in [-0.2, 0) is 19.5 Å². The lowest BCUT2D eigenvalue weighted by molar-refractivity contribution is 0.510. The highest BCUT2D eigenvalue weighted by atomic mass is 15.3. The fourth-order valence-electron chi connectivity index (χ4n) is 2.56. The van der Waals surface area contributed by atoms with Gasteiger partial charge in [-0.1, -0.05) is 0 Å². The van der Waals surface area contributed by atoms with Gasteiger partial charge in [-0.15, -0.1) is 10.2 Å². The van der Waals surface area contributed by atoms with E-state index in [-0.39, 0.29) is 0 Å². The summed E-state index contributed by atoms with van der Waals surface area (Å²) in [5, 5.41) is 12.0. The first-order valence-electron chi connectivity index (χ1n) is 7.16. The Hall–Kier alpha value is -2.04. The molecule has 0 unspecified atom stereocenters. The van der Waals surface area contributed by atoms with Crippen LogP contribution >= 0.6 is 0 Å². The van der Waals surface area contributed by atoms with Gasteiger partial charge in [0.05, 0.1) is 6.54 Å². The molecule has 3 rings (SSSR count). The van der Waals surface area contributed by atoms with Gasteiger partial charge in [0.15, 0.2) is 5.82 Å². The standard InChI is InChI=1S/C15H21N5/c1-19(2)13-8-6-12(7-9-13)16-11-15-18-17-14-5-3-4-10-20(14)15/h6-9,16H,3-5,10-11H2,1-2H3. The Morgan fingerprint density at radius 2 is 1.95 bits per heavy atom. The minimum absolute atomic E-state index is 0.730. The average Bonchev–Trinajstić information content (AvgIpc) is 2.89. The SMILES string of the molecule is CN(C)c1ccc(NCc2nnc3n2CCCC3)cc1. The van der Waals surface area contributed by atoms with E-state index < -0.39 is 0 Å². The third-order valence-corrected chi connectivity index (χ3v) is 3.77. The third-order valence-electron chi connectivity index (χ3n) is 3.77. The van der Waals surface area contributed by atoms with Gasteiger partial charge in [0, 0.05) is 38.4 Å².